The fourth-order valence-electron chi connectivity index (χ4n) is 3.26. The van der Waals surface area contributed by atoms with Crippen LogP contribution in [0.3, 0.4) is 0 Å². The van der Waals surface area contributed by atoms with Crippen molar-refractivity contribution in [3.05, 3.63) is 28.4 Å². The van der Waals surface area contributed by atoms with Crippen molar-refractivity contribution in [1.82, 2.24) is 29.8 Å². The summed E-state index contributed by atoms with van der Waals surface area (Å²) >= 11 is 0. The van der Waals surface area contributed by atoms with Crippen molar-refractivity contribution in [3.8, 4) is 0 Å². The summed E-state index contributed by atoms with van der Waals surface area (Å²) in [6.45, 7) is 5.18. The van der Waals surface area contributed by atoms with E-state index in [2.05, 4.69) is 25.3 Å². The van der Waals surface area contributed by atoms with Crippen LogP contribution in [0.1, 0.15) is 5.69 Å². The Kier molecular flexibility index (Phi) is 2.42. The minimum absolute atomic E-state index is 0.0986. The van der Waals surface area contributed by atoms with E-state index in [1.807, 2.05) is 0 Å². The van der Waals surface area contributed by atoms with Crippen LogP contribution in [0.2, 0.25) is 0 Å². The van der Waals surface area contributed by atoms with Crippen LogP contribution in [0.5, 0.6) is 0 Å². The van der Waals surface area contributed by atoms with E-state index in [9.17, 15) is 4.79 Å². The largest absolute Gasteiger partial charge is 0.316 e. The van der Waals surface area contributed by atoms with E-state index in [-0.39, 0.29) is 5.56 Å². The molecular formula is C12H16N6O. The van der Waals surface area contributed by atoms with Gasteiger partial charge in [-0.15, -0.1) is 0 Å². The molecule has 2 aromatic heterocycles. The standard InChI is InChI=1S/C12H16N6O/c19-11-1-10(16-12-14-7-15-18(11)12)6-17-4-8-2-13-3-9(8)5-17/h1,7-9,13H,2-6H2,(H,14,15,16). The average Bonchev–Trinajstić information content (AvgIpc) is 3.02. The third-order valence-electron chi connectivity index (χ3n) is 4.17. The van der Waals surface area contributed by atoms with Crippen molar-refractivity contribution >= 4 is 5.78 Å². The minimum Gasteiger partial charge on any atom is -0.316 e. The van der Waals surface area contributed by atoms with E-state index >= 15 is 0 Å². The van der Waals surface area contributed by atoms with Crippen molar-refractivity contribution in [2.45, 2.75) is 6.54 Å². The van der Waals surface area contributed by atoms with Crippen LogP contribution in [-0.2, 0) is 6.54 Å². The maximum atomic E-state index is 11.9. The number of likely N-dealkylation sites (tertiary alicyclic amines) is 1. The second kappa shape index (κ2) is 4.14. The highest BCUT2D eigenvalue weighted by Crippen LogP contribution is 2.26. The summed E-state index contributed by atoms with van der Waals surface area (Å²) in [5.41, 5.74) is 0.712. The third kappa shape index (κ3) is 1.85. The lowest BCUT2D eigenvalue weighted by atomic mass is 10.0. The summed E-state index contributed by atoms with van der Waals surface area (Å²) in [5.74, 6) is 1.97. The van der Waals surface area contributed by atoms with Gasteiger partial charge in [0.2, 0.25) is 0 Å². The summed E-state index contributed by atoms with van der Waals surface area (Å²) < 4.78 is 1.35. The van der Waals surface area contributed by atoms with Gasteiger partial charge in [-0.05, 0) is 24.9 Å². The van der Waals surface area contributed by atoms with Crippen LogP contribution in [0.25, 0.3) is 5.78 Å². The number of H-pyrrole nitrogens is 1. The van der Waals surface area contributed by atoms with Gasteiger partial charge in [-0.3, -0.25) is 14.8 Å². The highest BCUT2D eigenvalue weighted by Gasteiger charge is 2.35. The maximum absolute atomic E-state index is 11.9. The molecule has 4 heterocycles. The summed E-state index contributed by atoms with van der Waals surface area (Å²) in [7, 11) is 0. The van der Waals surface area contributed by atoms with Crippen molar-refractivity contribution in [1.29, 1.82) is 0 Å². The Morgan fingerprint density at radius 1 is 1.32 bits per heavy atom. The Balaban J connectivity index is 1.57. The van der Waals surface area contributed by atoms with Gasteiger partial charge < -0.3 is 5.32 Å². The van der Waals surface area contributed by atoms with Gasteiger partial charge in [0.1, 0.15) is 6.33 Å². The Morgan fingerprint density at radius 3 is 2.89 bits per heavy atom. The quantitative estimate of drug-likeness (QED) is 0.729. The Hall–Kier alpha value is -1.73. The number of aromatic amines is 1. The molecule has 7 nitrogen and oxygen atoms in total. The molecule has 0 saturated carbocycles. The monoisotopic (exact) mass is 260 g/mol. The predicted molar refractivity (Wildman–Crippen MR) is 68.7 cm³/mol. The first kappa shape index (κ1) is 11.1. The number of hydrogen-bond acceptors (Lipinski definition) is 5. The van der Waals surface area contributed by atoms with E-state index in [0.29, 0.717) is 5.78 Å². The molecule has 2 unspecified atom stereocenters. The van der Waals surface area contributed by atoms with Gasteiger partial charge in [0.05, 0.1) is 5.69 Å². The molecule has 7 heteroatoms. The molecule has 0 bridgehead atoms. The second-order valence-corrected chi connectivity index (χ2v) is 5.48. The first-order valence-electron chi connectivity index (χ1n) is 6.65. The number of fused-ring (bicyclic) bond motifs is 2. The van der Waals surface area contributed by atoms with Gasteiger partial charge >= 0.3 is 0 Å². The van der Waals surface area contributed by atoms with Crippen LogP contribution in [0.15, 0.2) is 17.2 Å². The van der Waals surface area contributed by atoms with Gasteiger partial charge in [-0.2, -0.15) is 4.52 Å². The normalized spacial score (nSPS) is 27.2. The molecule has 0 aliphatic carbocycles. The Bertz CT molecular complexity index is 650. The summed E-state index contributed by atoms with van der Waals surface area (Å²) in [5, 5.41) is 6.18. The van der Waals surface area contributed by atoms with E-state index in [0.717, 1.165) is 50.3 Å². The number of aromatic nitrogens is 4. The van der Waals surface area contributed by atoms with Crippen LogP contribution >= 0.6 is 0 Å². The molecule has 2 fully saturated rings. The zero-order chi connectivity index (χ0) is 12.8. The van der Waals surface area contributed by atoms with E-state index in [1.165, 1.54) is 10.8 Å². The molecule has 0 spiro atoms. The molecule has 0 amide bonds. The number of rotatable bonds is 2. The molecule has 0 radical (unpaired) electrons. The molecule has 19 heavy (non-hydrogen) atoms. The number of nitrogens with one attached hydrogen (secondary N) is 2. The average molecular weight is 260 g/mol. The molecule has 0 aromatic carbocycles. The van der Waals surface area contributed by atoms with Gasteiger partial charge in [0.15, 0.2) is 0 Å². The lowest BCUT2D eigenvalue weighted by Crippen LogP contribution is -2.27. The first-order chi connectivity index (χ1) is 9.29. The van der Waals surface area contributed by atoms with E-state index in [1.54, 1.807) is 6.07 Å². The first-order valence-corrected chi connectivity index (χ1v) is 6.65. The predicted octanol–water partition coefficient (Wildman–Crippen LogP) is -0.931. The fraction of sp³-hybridized carbons (Fsp3) is 0.583. The lowest BCUT2D eigenvalue weighted by molar-refractivity contribution is 0.302. The summed E-state index contributed by atoms with van der Waals surface area (Å²) in [6.07, 6.45) is 1.49. The van der Waals surface area contributed by atoms with Crippen molar-refractivity contribution in [2.75, 3.05) is 26.2 Å². The molecule has 2 atom stereocenters. The molecule has 2 N–H and O–H groups in total. The molecule has 4 rings (SSSR count). The summed E-state index contributed by atoms with van der Waals surface area (Å²) in [6, 6.07) is 1.59. The molecule has 2 aliphatic rings. The molecule has 2 aliphatic heterocycles. The Morgan fingerprint density at radius 2 is 2.11 bits per heavy atom. The van der Waals surface area contributed by atoms with Gasteiger partial charge in [0.25, 0.3) is 11.3 Å². The zero-order valence-electron chi connectivity index (χ0n) is 10.5. The molecular weight excluding hydrogens is 244 g/mol. The van der Waals surface area contributed by atoms with Gasteiger partial charge in [-0.25, -0.2) is 9.97 Å². The molecule has 2 aromatic rings. The molecule has 2 saturated heterocycles. The summed E-state index contributed by atoms with van der Waals surface area (Å²) in [4.78, 5) is 22.7. The second-order valence-electron chi connectivity index (χ2n) is 5.48. The maximum Gasteiger partial charge on any atom is 0.274 e. The van der Waals surface area contributed by atoms with Crippen molar-refractivity contribution < 1.29 is 0 Å². The van der Waals surface area contributed by atoms with Gasteiger partial charge in [-0.1, -0.05) is 0 Å². The topological polar surface area (TPSA) is 78.3 Å². The van der Waals surface area contributed by atoms with E-state index < -0.39 is 0 Å². The van der Waals surface area contributed by atoms with Crippen LogP contribution in [0.4, 0.5) is 0 Å². The minimum atomic E-state index is -0.0986. The van der Waals surface area contributed by atoms with Crippen LogP contribution in [0, 0.1) is 11.8 Å². The smallest absolute Gasteiger partial charge is 0.274 e. The van der Waals surface area contributed by atoms with Crippen molar-refractivity contribution in [3.63, 3.8) is 0 Å². The highest BCUT2D eigenvalue weighted by atomic mass is 16.1. The number of hydrogen-bond donors (Lipinski definition) is 2. The highest BCUT2D eigenvalue weighted by molar-refractivity contribution is 5.26. The fourth-order valence-corrected chi connectivity index (χ4v) is 3.26. The van der Waals surface area contributed by atoms with Crippen LogP contribution in [-0.4, -0.2) is 50.7 Å². The van der Waals surface area contributed by atoms with Gasteiger partial charge in [0, 0.05) is 25.7 Å². The Labute approximate surface area is 109 Å². The zero-order valence-corrected chi connectivity index (χ0v) is 10.5. The van der Waals surface area contributed by atoms with E-state index in [4.69, 9.17) is 0 Å². The number of nitrogens with zero attached hydrogens (tertiary/aromatic N) is 4. The third-order valence-corrected chi connectivity index (χ3v) is 4.17. The lowest BCUT2D eigenvalue weighted by Gasteiger charge is -2.15. The van der Waals surface area contributed by atoms with Crippen molar-refractivity contribution in [2.24, 2.45) is 11.8 Å². The molecule has 100 valence electrons. The van der Waals surface area contributed by atoms with Crippen LogP contribution < -0.4 is 10.9 Å². The SMILES string of the molecule is O=c1cc(CN2CC3CNCC3C2)nc2nc[nH]n12.